The summed E-state index contributed by atoms with van der Waals surface area (Å²) in [5.74, 6) is 1.66. The van der Waals surface area contributed by atoms with Crippen LogP contribution in [0, 0.1) is 18.8 Å². The van der Waals surface area contributed by atoms with Crippen LogP contribution in [0.4, 0.5) is 0 Å². The van der Waals surface area contributed by atoms with Crippen molar-refractivity contribution in [2.45, 2.75) is 46.7 Å². The maximum absolute atomic E-state index is 8.76. The van der Waals surface area contributed by atoms with Crippen molar-refractivity contribution in [3.63, 3.8) is 0 Å². The second-order valence-electron chi connectivity index (χ2n) is 6.61. The summed E-state index contributed by atoms with van der Waals surface area (Å²) in [6, 6.07) is 6.63. The Bertz CT molecular complexity index is 527. The Morgan fingerprint density at radius 3 is 2.71 bits per heavy atom. The quantitative estimate of drug-likeness (QED) is 0.389. The first-order valence-corrected chi connectivity index (χ1v) is 7.73. The van der Waals surface area contributed by atoms with Crippen LogP contribution in [0.5, 0.6) is 0 Å². The first kappa shape index (κ1) is 15.8. The molecule has 3 atom stereocenters. The maximum atomic E-state index is 8.76. The Balaban J connectivity index is 2.16. The summed E-state index contributed by atoms with van der Waals surface area (Å²) in [7, 11) is 0. The van der Waals surface area contributed by atoms with Gasteiger partial charge in [0.15, 0.2) is 5.84 Å². The van der Waals surface area contributed by atoms with Crippen LogP contribution in [0.1, 0.15) is 43.9 Å². The van der Waals surface area contributed by atoms with Gasteiger partial charge < -0.3 is 10.9 Å². The highest BCUT2D eigenvalue weighted by Gasteiger charge is 2.28. The summed E-state index contributed by atoms with van der Waals surface area (Å²) in [6.07, 6.45) is 1.32. The molecule has 1 aromatic rings. The molecule has 1 aliphatic rings. The minimum atomic E-state index is 0.165. The van der Waals surface area contributed by atoms with Gasteiger partial charge in [0.05, 0.1) is 0 Å². The molecule has 0 aliphatic carbocycles. The van der Waals surface area contributed by atoms with Gasteiger partial charge in [-0.25, -0.2) is 0 Å². The predicted molar refractivity (Wildman–Crippen MR) is 86.5 cm³/mol. The van der Waals surface area contributed by atoms with E-state index in [1.807, 2.05) is 12.1 Å². The number of nitrogens with zero attached hydrogens (tertiary/aromatic N) is 2. The van der Waals surface area contributed by atoms with Crippen molar-refractivity contribution in [2.75, 3.05) is 6.54 Å². The molecular formula is C17H27N3O. The van der Waals surface area contributed by atoms with E-state index in [0.29, 0.717) is 6.04 Å². The molecule has 1 aromatic carbocycles. The second-order valence-corrected chi connectivity index (χ2v) is 6.61. The third-order valence-corrected chi connectivity index (χ3v) is 4.84. The Morgan fingerprint density at radius 1 is 1.38 bits per heavy atom. The van der Waals surface area contributed by atoms with E-state index in [-0.39, 0.29) is 5.84 Å². The molecule has 1 fully saturated rings. The van der Waals surface area contributed by atoms with Gasteiger partial charge >= 0.3 is 0 Å². The van der Waals surface area contributed by atoms with Crippen molar-refractivity contribution in [3.05, 3.63) is 34.9 Å². The third-order valence-electron chi connectivity index (χ3n) is 4.84. The number of hydrogen-bond acceptors (Lipinski definition) is 3. The van der Waals surface area contributed by atoms with E-state index < -0.39 is 0 Å². The second kappa shape index (κ2) is 6.48. The fourth-order valence-electron chi connectivity index (χ4n) is 3.35. The van der Waals surface area contributed by atoms with Crippen LogP contribution >= 0.6 is 0 Å². The van der Waals surface area contributed by atoms with Crippen LogP contribution in [0.15, 0.2) is 23.4 Å². The van der Waals surface area contributed by atoms with E-state index in [9.17, 15) is 0 Å². The molecule has 0 aromatic heterocycles. The summed E-state index contributed by atoms with van der Waals surface area (Å²) in [5.41, 5.74) is 8.93. The summed E-state index contributed by atoms with van der Waals surface area (Å²) >= 11 is 0. The molecule has 116 valence electrons. The lowest BCUT2D eigenvalue weighted by atomic mass is 9.85. The van der Waals surface area contributed by atoms with Crippen molar-refractivity contribution in [2.24, 2.45) is 22.7 Å². The van der Waals surface area contributed by atoms with E-state index >= 15 is 0 Å². The van der Waals surface area contributed by atoms with E-state index in [0.717, 1.165) is 30.5 Å². The lowest BCUT2D eigenvalue weighted by molar-refractivity contribution is 0.0728. The molecule has 4 nitrogen and oxygen atoms in total. The fraction of sp³-hybridized carbons (Fsp3) is 0.588. The summed E-state index contributed by atoms with van der Waals surface area (Å²) in [4.78, 5) is 2.57. The van der Waals surface area contributed by atoms with Gasteiger partial charge in [-0.1, -0.05) is 31.1 Å². The Hall–Kier alpha value is -1.55. The molecule has 0 spiro atoms. The highest BCUT2D eigenvalue weighted by Crippen LogP contribution is 2.28. The van der Waals surface area contributed by atoms with Crippen molar-refractivity contribution in [1.82, 2.24) is 4.90 Å². The number of nitrogens with two attached hydrogens (primary N) is 1. The molecule has 4 heteroatoms. The molecule has 0 radical (unpaired) electrons. The first-order valence-electron chi connectivity index (χ1n) is 7.73. The highest BCUT2D eigenvalue weighted by molar-refractivity contribution is 5.97. The predicted octanol–water partition coefficient (Wildman–Crippen LogP) is 2.96. The lowest BCUT2D eigenvalue weighted by Gasteiger charge is -2.41. The molecule has 21 heavy (non-hydrogen) atoms. The molecule has 1 heterocycles. The molecule has 3 unspecified atom stereocenters. The SMILES string of the molecule is Cc1cc(/C(N)=N/O)ccc1CN1CC(C)CC(C)C1C. The zero-order valence-corrected chi connectivity index (χ0v) is 13.5. The Labute approximate surface area is 127 Å². The number of likely N-dealkylation sites (tertiary alicyclic amines) is 1. The number of rotatable bonds is 3. The number of hydrogen-bond donors (Lipinski definition) is 2. The largest absolute Gasteiger partial charge is 0.409 e. The van der Waals surface area contributed by atoms with Crippen molar-refractivity contribution < 1.29 is 5.21 Å². The molecular weight excluding hydrogens is 262 g/mol. The van der Waals surface area contributed by atoms with E-state index in [4.69, 9.17) is 10.9 Å². The average Bonchev–Trinajstić information content (AvgIpc) is 2.45. The number of amidine groups is 1. The molecule has 0 amide bonds. The number of benzene rings is 1. The van der Waals surface area contributed by atoms with Gasteiger partial charge in [0.2, 0.25) is 0 Å². The molecule has 3 N–H and O–H groups in total. The van der Waals surface area contributed by atoms with E-state index in [1.54, 1.807) is 0 Å². The van der Waals surface area contributed by atoms with Crippen LogP contribution < -0.4 is 5.73 Å². The van der Waals surface area contributed by atoms with E-state index in [1.165, 1.54) is 17.5 Å². The molecule has 1 saturated heterocycles. The van der Waals surface area contributed by atoms with Gasteiger partial charge in [0.25, 0.3) is 0 Å². The van der Waals surface area contributed by atoms with Gasteiger partial charge in [-0.15, -0.1) is 0 Å². The highest BCUT2D eigenvalue weighted by atomic mass is 16.4. The minimum Gasteiger partial charge on any atom is -0.409 e. The van der Waals surface area contributed by atoms with Crippen molar-refractivity contribution in [3.8, 4) is 0 Å². The summed E-state index contributed by atoms with van der Waals surface area (Å²) in [6.45, 7) is 11.2. The average molecular weight is 289 g/mol. The molecule has 2 rings (SSSR count). The number of piperidine rings is 1. The van der Waals surface area contributed by atoms with Crippen LogP contribution in [0.3, 0.4) is 0 Å². The molecule has 0 saturated carbocycles. The van der Waals surface area contributed by atoms with Crippen molar-refractivity contribution in [1.29, 1.82) is 0 Å². The van der Waals surface area contributed by atoms with Crippen LogP contribution in [0.25, 0.3) is 0 Å². The lowest BCUT2D eigenvalue weighted by Crippen LogP contribution is -2.45. The summed E-state index contributed by atoms with van der Waals surface area (Å²) in [5, 5.41) is 11.8. The van der Waals surface area contributed by atoms with Gasteiger partial charge in [-0.3, -0.25) is 4.90 Å². The maximum Gasteiger partial charge on any atom is 0.170 e. The normalized spacial score (nSPS) is 27.8. The zero-order valence-electron chi connectivity index (χ0n) is 13.5. The first-order chi connectivity index (χ1) is 9.92. The Kier molecular flexibility index (Phi) is 4.88. The molecule has 0 bridgehead atoms. The minimum absolute atomic E-state index is 0.165. The van der Waals surface area contributed by atoms with Gasteiger partial charge in [0.1, 0.15) is 0 Å². The van der Waals surface area contributed by atoms with Crippen LogP contribution in [0.2, 0.25) is 0 Å². The van der Waals surface area contributed by atoms with Gasteiger partial charge in [0, 0.05) is 24.7 Å². The van der Waals surface area contributed by atoms with Crippen molar-refractivity contribution >= 4 is 5.84 Å². The van der Waals surface area contributed by atoms with Crippen LogP contribution in [-0.2, 0) is 6.54 Å². The number of aryl methyl sites for hydroxylation is 1. The fourth-order valence-corrected chi connectivity index (χ4v) is 3.35. The monoisotopic (exact) mass is 289 g/mol. The number of oxime groups is 1. The topological polar surface area (TPSA) is 61.9 Å². The smallest absolute Gasteiger partial charge is 0.170 e. The third kappa shape index (κ3) is 3.56. The summed E-state index contributed by atoms with van der Waals surface area (Å²) < 4.78 is 0. The Morgan fingerprint density at radius 2 is 2.10 bits per heavy atom. The van der Waals surface area contributed by atoms with Gasteiger partial charge in [-0.2, -0.15) is 0 Å². The standard InChI is InChI=1S/C17H27N3O/c1-11-7-12(2)14(4)20(9-11)10-16-6-5-15(8-13(16)3)17(18)19-21/h5-6,8,11-12,14,21H,7,9-10H2,1-4H3,(H2,18,19). The zero-order chi connectivity index (χ0) is 15.6. The molecule has 1 aliphatic heterocycles. The van der Waals surface area contributed by atoms with E-state index in [2.05, 4.69) is 43.8 Å². The van der Waals surface area contributed by atoms with Gasteiger partial charge in [-0.05, 0) is 49.3 Å². The van der Waals surface area contributed by atoms with Crippen LogP contribution in [-0.4, -0.2) is 28.5 Å².